The molecule has 6 nitrogen and oxygen atoms in total. The predicted molar refractivity (Wildman–Crippen MR) is 108 cm³/mol. The summed E-state index contributed by atoms with van der Waals surface area (Å²) in [4.78, 5) is 22.7. The molecule has 6 heteroatoms. The molecular formula is C21H25N5O. The Morgan fingerprint density at radius 2 is 2.04 bits per heavy atom. The first-order chi connectivity index (χ1) is 13.0. The molecule has 0 aliphatic rings. The van der Waals surface area contributed by atoms with Crippen molar-refractivity contribution in [2.24, 2.45) is 0 Å². The lowest BCUT2D eigenvalue weighted by molar-refractivity contribution is 0.213. The maximum atomic E-state index is 12.3. The van der Waals surface area contributed by atoms with Crippen molar-refractivity contribution in [3.63, 3.8) is 0 Å². The van der Waals surface area contributed by atoms with Crippen molar-refractivity contribution in [2.75, 3.05) is 6.54 Å². The Kier molecular flexibility index (Phi) is 4.58. The number of benzene rings is 1. The van der Waals surface area contributed by atoms with Crippen LogP contribution in [0.1, 0.15) is 30.8 Å². The lowest BCUT2D eigenvalue weighted by Crippen LogP contribution is -2.33. The van der Waals surface area contributed by atoms with E-state index in [0.717, 1.165) is 24.4 Å². The summed E-state index contributed by atoms with van der Waals surface area (Å²) in [6.45, 7) is 7.86. The second kappa shape index (κ2) is 7.04. The Balaban J connectivity index is 1.54. The van der Waals surface area contributed by atoms with Crippen molar-refractivity contribution in [2.45, 2.75) is 39.8 Å². The van der Waals surface area contributed by atoms with Gasteiger partial charge in [0, 0.05) is 54.1 Å². The third kappa shape index (κ3) is 3.53. The van der Waals surface area contributed by atoms with Crippen molar-refractivity contribution in [1.29, 1.82) is 0 Å². The van der Waals surface area contributed by atoms with Crippen molar-refractivity contribution in [1.82, 2.24) is 24.5 Å². The number of aromatic nitrogens is 4. The van der Waals surface area contributed by atoms with Crippen molar-refractivity contribution in [3.05, 3.63) is 69.9 Å². The Hall–Kier alpha value is -2.86. The number of nitrogens with one attached hydrogen (secondary N) is 2. The lowest BCUT2D eigenvalue weighted by Gasteiger charge is -2.26. The number of aryl methyl sites for hydroxylation is 1. The number of H-pyrrole nitrogens is 2. The molecule has 0 bridgehead atoms. The second-order valence-corrected chi connectivity index (χ2v) is 7.39. The number of rotatable bonds is 6. The quantitative estimate of drug-likeness (QED) is 0.552. The minimum Gasteiger partial charge on any atom is -0.361 e. The Morgan fingerprint density at radius 1 is 1.22 bits per heavy atom. The molecule has 140 valence electrons. The summed E-state index contributed by atoms with van der Waals surface area (Å²) < 4.78 is 1.49. The van der Waals surface area contributed by atoms with E-state index in [2.05, 4.69) is 58.2 Å². The van der Waals surface area contributed by atoms with E-state index in [-0.39, 0.29) is 5.56 Å². The van der Waals surface area contributed by atoms with Crippen LogP contribution < -0.4 is 5.56 Å². The first-order valence-electron chi connectivity index (χ1n) is 9.38. The lowest BCUT2D eigenvalue weighted by atomic mass is 10.1. The zero-order valence-corrected chi connectivity index (χ0v) is 16.0. The molecule has 0 aliphatic carbocycles. The van der Waals surface area contributed by atoms with Gasteiger partial charge in [-0.1, -0.05) is 18.2 Å². The number of nitrogens with zero attached hydrogens (tertiary/aromatic N) is 3. The van der Waals surface area contributed by atoms with E-state index < -0.39 is 0 Å². The summed E-state index contributed by atoms with van der Waals surface area (Å²) in [6.07, 6.45) is 3.05. The first-order valence-corrected chi connectivity index (χ1v) is 9.38. The largest absolute Gasteiger partial charge is 0.361 e. The van der Waals surface area contributed by atoms with Crippen LogP contribution in [-0.4, -0.2) is 37.1 Å². The van der Waals surface area contributed by atoms with Gasteiger partial charge in [-0.2, -0.15) is 0 Å². The van der Waals surface area contributed by atoms with Gasteiger partial charge in [-0.05, 0) is 38.8 Å². The van der Waals surface area contributed by atoms with Crippen LogP contribution in [-0.2, 0) is 13.0 Å². The number of hydrogen-bond acceptors (Lipinski definition) is 3. The van der Waals surface area contributed by atoms with Crippen LogP contribution >= 0.6 is 0 Å². The fourth-order valence-corrected chi connectivity index (χ4v) is 3.57. The molecule has 0 saturated heterocycles. The zero-order valence-electron chi connectivity index (χ0n) is 16.0. The molecule has 4 rings (SSSR count). The highest BCUT2D eigenvalue weighted by Gasteiger charge is 2.14. The smallest absolute Gasteiger partial charge is 0.272 e. The van der Waals surface area contributed by atoms with Gasteiger partial charge in [0.25, 0.3) is 5.56 Å². The Bertz CT molecular complexity index is 1130. The molecule has 0 saturated carbocycles. The topological polar surface area (TPSA) is 69.2 Å². The van der Waals surface area contributed by atoms with Crippen molar-refractivity contribution >= 4 is 16.6 Å². The molecule has 0 radical (unpaired) electrons. The van der Waals surface area contributed by atoms with Gasteiger partial charge in [-0.25, -0.2) is 9.50 Å². The van der Waals surface area contributed by atoms with Crippen LogP contribution in [0.4, 0.5) is 0 Å². The van der Waals surface area contributed by atoms with Gasteiger partial charge in [-0.3, -0.25) is 14.8 Å². The molecule has 27 heavy (non-hydrogen) atoms. The molecule has 2 N–H and O–H groups in total. The standard InChI is InChI=1S/C21H25N5O/c1-14(2)25(9-8-16-12-22-19-7-5-4-6-18(16)19)13-17-11-21(27)26-20(23-17)10-15(3)24-26/h4-7,10-12,14,22,24H,8-9,13H2,1-3H3. The van der Waals surface area contributed by atoms with Gasteiger partial charge in [0.05, 0.1) is 5.69 Å². The number of hydrogen-bond donors (Lipinski definition) is 2. The Labute approximate surface area is 157 Å². The molecule has 0 aliphatic heterocycles. The molecular weight excluding hydrogens is 338 g/mol. The predicted octanol–water partition coefficient (Wildman–Crippen LogP) is 3.27. The van der Waals surface area contributed by atoms with Crippen LogP contribution in [0, 0.1) is 6.92 Å². The van der Waals surface area contributed by atoms with Gasteiger partial charge >= 0.3 is 0 Å². The maximum absolute atomic E-state index is 12.3. The summed E-state index contributed by atoms with van der Waals surface area (Å²) in [5.74, 6) is 0. The maximum Gasteiger partial charge on any atom is 0.272 e. The molecule has 3 aromatic heterocycles. The normalized spacial score (nSPS) is 12.0. The summed E-state index contributed by atoms with van der Waals surface area (Å²) in [5.41, 5.74) is 4.84. The highest BCUT2D eigenvalue weighted by Crippen LogP contribution is 2.19. The van der Waals surface area contributed by atoms with Crippen LogP contribution in [0.3, 0.4) is 0 Å². The minimum atomic E-state index is -0.0663. The van der Waals surface area contributed by atoms with E-state index >= 15 is 0 Å². The molecule has 1 aromatic carbocycles. The zero-order chi connectivity index (χ0) is 19.0. The molecule has 4 aromatic rings. The third-order valence-corrected chi connectivity index (χ3v) is 5.07. The van der Waals surface area contributed by atoms with E-state index in [0.29, 0.717) is 18.2 Å². The molecule has 3 heterocycles. The molecule has 0 atom stereocenters. The first kappa shape index (κ1) is 17.5. The van der Waals surface area contributed by atoms with Gasteiger partial charge in [0.15, 0.2) is 5.65 Å². The van der Waals surface area contributed by atoms with Crippen LogP contribution in [0.25, 0.3) is 16.6 Å². The van der Waals surface area contributed by atoms with Gasteiger partial charge < -0.3 is 4.98 Å². The summed E-state index contributed by atoms with van der Waals surface area (Å²) in [6, 6.07) is 12.3. The summed E-state index contributed by atoms with van der Waals surface area (Å²) in [5, 5.41) is 4.29. The number of para-hydroxylation sites is 1. The van der Waals surface area contributed by atoms with Crippen LogP contribution in [0.2, 0.25) is 0 Å². The SMILES string of the molecule is Cc1cc2nc(CN(CCc3c[nH]c4ccccc34)C(C)C)cc(=O)n2[nH]1. The number of fused-ring (bicyclic) bond motifs is 2. The second-order valence-electron chi connectivity index (χ2n) is 7.39. The molecule has 0 fully saturated rings. The highest BCUT2D eigenvalue weighted by atomic mass is 16.1. The molecule has 0 amide bonds. The average molecular weight is 363 g/mol. The van der Waals surface area contributed by atoms with Crippen molar-refractivity contribution < 1.29 is 0 Å². The Morgan fingerprint density at radius 3 is 2.85 bits per heavy atom. The third-order valence-electron chi connectivity index (χ3n) is 5.07. The monoisotopic (exact) mass is 363 g/mol. The van der Waals surface area contributed by atoms with Crippen LogP contribution in [0.5, 0.6) is 0 Å². The molecule has 0 unspecified atom stereocenters. The van der Waals surface area contributed by atoms with E-state index in [9.17, 15) is 4.79 Å². The fourth-order valence-electron chi connectivity index (χ4n) is 3.57. The van der Waals surface area contributed by atoms with E-state index in [4.69, 9.17) is 0 Å². The minimum absolute atomic E-state index is 0.0663. The van der Waals surface area contributed by atoms with E-state index in [1.165, 1.54) is 21.0 Å². The van der Waals surface area contributed by atoms with Gasteiger partial charge in [0.1, 0.15) is 0 Å². The van der Waals surface area contributed by atoms with E-state index in [1.54, 1.807) is 6.07 Å². The van der Waals surface area contributed by atoms with Gasteiger partial charge in [-0.15, -0.1) is 0 Å². The van der Waals surface area contributed by atoms with Crippen LogP contribution in [0.15, 0.2) is 47.4 Å². The highest BCUT2D eigenvalue weighted by molar-refractivity contribution is 5.83. The van der Waals surface area contributed by atoms with Gasteiger partial charge in [0.2, 0.25) is 0 Å². The summed E-state index contributed by atoms with van der Waals surface area (Å²) in [7, 11) is 0. The summed E-state index contributed by atoms with van der Waals surface area (Å²) >= 11 is 0. The molecule has 0 spiro atoms. The average Bonchev–Trinajstić information content (AvgIpc) is 3.21. The van der Waals surface area contributed by atoms with E-state index in [1.807, 2.05) is 19.1 Å². The fraction of sp³-hybridized carbons (Fsp3) is 0.333. The van der Waals surface area contributed by atoms with Crippen molar-refractivity contribution in [3.8, 4) is 0 Å². The number of aromatic amines is 2.